The number of carbonyl (C=O) groups is 1. The molecule has 1 rings (SSSR count). The summed E-state index contributed by atoms with van der Waals surface area (Å²) in [6.07, 6.45) is 6.42. The smallest absolute Gasteiger partial charge is 0.220 e. The van der Waals surface area contributed by atoms with Crippen LogP contribution in [0.4, 0.5) is 0 Å². The molecule has 0 saturated heterocycles. The first-order valence-electron chi connectivity index (χ1n) is 7.50. The van der Waals surface area contributed by atoms with Crippen LogP contribution in [0.2, 0.25) is 0 Å². The second kappa shape index (κ2) is 7.13. The first kappa shape index (κ1) is 15.5. The molecule has 1 atom stereocenters. The summed E-state index contributed by atoms with van der Waals surface area (Å²) < 4.78 is 0. The van der Waals surface area contributed by atoms with Crippen LogP contribution in [0.25, 0.3) is 0 Å². The SMILES string of the molecule is CCC1(CNC(=O)CCC(CCN)C(C)C)CC1. The molecule has 3 nitrogen and oxygen atoms in total. The van der Waals surface area contributed by atoms with Crippen LogP contribution in [-0.4, -0.2) is 19.0 Å². The van der Waals surface area contributed by atoms with Gasteiger partial charge in [0.15, 0.2) is 0 Å². The molecule has 0 aliphatic heterocycles. The average molecular weight is 254 g/mol. The van der Waals surface area contributed by atoms with Crippen molar-refractivity contribution >= 4 is 5.91 Å². The Balaban J connectivity index is 2.19. The van der Waals surface area contributed by atoms with Gasteiger partial charge >= 0.3 is 0 Å². The van der Waals surface area contributed by atoms with E-state index in [0.29, 0.717) is 23.7 Å². The minimum Gasteiger partial charge on any atom is -0.356 e. The van der Waals surface area contributed by atoms with Gasteiger partial charge in [0.1, 0.15) is 0 Å². The van der Waals surface area contributed by atoms with Crippen LogP contribution in [-0.2, 0) is 4.79 Å². The molecule has 1 saturated carbocycles. The maximum Gasteiger partial charge on any atom is 0.220 e. The van der Waals surface area contributed by atoms with Crippen molar-refractivity contribution in [2.24, 2.45) is 23.0 Å². The summed E-state index contributed by atoms with van der Waals surface area (Å²) in [7, 11) is 0. The number of hydrogen-bond donors (Lipinski definition) is 2. The Hall–Kier alpha value is -0.570. The van der Waals surface area contributed by atoms with Crippen molar-refractivity contribution in [3.63, 3.8) is 0 Å². The lowest BCUT2D eigenvalue weighted by Gasteiger charge is -2.20. The summed E-state index contributed by atoms with van der Waals surface area (Å²) >= 11 is 0. The first-order chi connectivity index (χ1) is 8.53. The van der Waals surface area contributed by atoms with E-state index in [1.165, 1.54) is 19.3 Å². The monoisotopic (exact) mass is 254 g/mol. The van der Waals surface area contributed by atoms with E-state index in [2.05, 4.69) is 26.1 Å². The summed E-state index contributed by atoms with van der Waals surface area (Å²) in [5, 5.41) is 3.10. The number of rotatable bonds is 9. The molecule has 0 aromatic rings. The highest BCUT2D eigenvalue weighted by molar-refractivity contribution is 5.75. The Morgan fingerprint density at radius 2 is 2.00 bits per heavy atom. The lowest BCUT2D eigenvalue weighted by atomic mass is 9.88. The summed E-state index contributed by atoms with van der Waals surface area (Å²) in [5.41, 5.74) is 6.06. The predicted octanol–water partition coefficient (Wildman–Crippen LogP) is 2.69. The molecule has 0 spiro atoms. The van der Waals surface area contributed by atoms with Crippen LogP contribution < -0.4 is 11.1 Å². The highest BCUT2D eigenvalue weighted by Crippen LogP contribution is 2.47. The molecule has 3 N–H and O–H groups in total. The van der Waals surface area contributed by atoms with E-state index in [-0.39, 0.29) is 5.91 Å². The van der Waals surface area contributed by atoms with E-state index >= 15 is 0 Å². The van der Waals surface area contributed by atoms with Crippen molar-refractivity contribution in [1.29, 1.82) is 0 Å². The van der Waals surface area contributed by atoms with Gasteiger partial charge in [0.05, 0.1) is 0 Å². The number of hydrogen-bond acceptors (Lipinski definition) is 2. The summed E-state index contributed by atoms with van der Waals surface area (Å²) in [6.45, 7) is 8.26. The third-order valence-corrected chi connectivity index (χ3v) is 4.59. The number of nitrogens with two attached hydrogens (primary N) is 1. The fourth-order valence-electron chi connectivity index (χ4n) is 2.55. The summed E-state index contributed by atoms with van der Waals surface area (Å²) in [5.74, 6) is 1.42. The van der Waals surface area contributed by atoms with E-state index in [1.807, 2.05) is 0 Å². The van der Waals surface area contributed by atoms with E-state index in [0.717, 1.165) is 25.9 Å². The number of nitrogens with one attached hydrogen (secondary N) is 1. The van der Waals surface area contributed by atoms with Crippen molar-refractivity contribution in [1.82, 2.24) is 5.32 Å². The van der Waals surface area contributed by atoms with Gasteiger partial charge < -0.3 is 11.1 Å². The average Bonchev–Trinajstić information content (AvgIpc) is 3.12. The zero-order chi connectivity index (χ0) is 13.6. The lowest BCUT2D eigenvalue weighted by molar-refractivity contribution is -0.121. The van der Waals surface area contributed by atoms with Gasteiger partial charge in [-0.1, -0.05) is 20.8 Å². The van der Waals surface area contributed by atoms with Crippen molar-refractivity contribution in [2.45, 2.75) is 59.3 Å². The van der Waals surface area contributed by atoms with Crippen LogP contribution in [0, 0.1) is 17.3 Å². The Bertz CT molecular complexity index is 259. The van der Waals surface area contributed by atoms with Crippen LogP contribution in [0.5, 0.6) is 0 Å². The third-order valence-electron chi connectivity index (χ3n) is 4.59. The fourth-order valence-corrected chi connectivity index (χ4v) is 2.55. The molecular formula is C15H30N2O. The quantitative estimate of drug-likeness (QED) is 0.664. The van der Waals surface area contributed by atoms with Gasteiger partial charge in [-0.05, 0) is 55.9 Å². The van der Waals surface area contributed by atoms with Crippen molar-refractivity contribution < 1.29 is 4.79 Å². The zero-order valence-electron chi connectivity index (χ0n) is 12.3. The molecule has 1 aliphatic carbocycles. The second-order valence-electron chi connectivity index (χ2n) is 6.25. The Morgan fingerprint density at radius 3 is 2.44 bits per heavy atom. The van der Waals surface area contributed by atoms with Crippen LogP contribution in [0.3, 0.4) is 0 Å². The van der Waals surface area contributed by atoms with Gasteiger partial charge in [-0.2, -0.15) is 0 Å². The fraction of sp³-hybridized carbons (Fsp3) is 0.933. The molecule has 0 radical (unpaired) electrons. The van der Waals surface area contributed by atoms with Gasteiger partial charge in [0.2, 0.25) is 5.91 Å². The predicted molar refractivity (Wildman–Crippen MR) is 76.2 cm³/mol. The molecule has 1 unspecified atom stereocenters. The molecule has 0 aromatic heterocycles. The van der Waals surface area contributed by atoms with Crippen molar-refractivity contribution in [2.75, 3.05) is 13.1 Å². The van der Waals surface area contributed by atoms with E-state index in [4.69, 9.17) is 5.73 Å². The largest absolute Gasteiger partial charge is 0.356 e. The molecule has 0 aromatic carbocycles. The molecule has 106 valence electrons. The second-order valence-corrected chi connectivity index (χ2v) is 6.25. The highest BCUT2D eigenvalue weighted by atomic mass is 16.1. The van der Waals surface area contributed by atoms with Gasteiger partial charge in [-0.15, -0.1) is 0 Å². The highest BCUT2D eigenvalue weighted by Gasteiger charge is 2.40. The lowest BCUT2D eigenvalue weighted by Crippen LogP contribution is -2.30. The van der Waals surface area contributed by atoms with Crippen LogP contribution in [0.1, 0.15) is 59.3 Å². The van der Waals surface area contributed by atoms with Gasteiger partial charge in [-0.25, -0.2) is 0 Å². The normalized spacial score (nSPS) is 18.7. The molecule has 1 amide bonds. The van der Waals surface area contributed by atoms with Gasteiger partial charge in [0, 0.05) is 13.0 Å². The van der Waals surface area contributed by atoms with E-state index in [1.54, 1.807) is 0 Å². The zero-order valence-corrected chi connectivity index (χ0v) is 12.3. The summed E-state index contributed by atoms with van der Waals surface area (Å²) in [4.78, 5) is 11.8. The molecule has 0 heterocycles. The first-order valence-corrected chi connectivity index (χ1v) is 7.50. The standard InChI is InChI=1S/C15H30N2O/c1-4-15(8-9-15)11-17-14(18)6-5-13(7-10-16)12(2)3/h12-13H,4-11,16H2,1-3H3,(H,17,18). The number of carbonyl (C=O) groups excluding carboxylic acids is 1. The van der Waals surface area contributed by atoms with Crippen LogP contribution in [0.15, 0.2) is 0 Å². The maximum atomic E-state index is 11.8. The minimum absolute atomic E-state index is 0.220. The Labute approximate surface area is 112 Å². The Kier molecular flexibility index (Phi) is 6.13. The molecule has 3 heteroatoms. The van der Waals surface area contributed by atoms with Crippen LogP contribution >= 0.6 is 0 Å². The minimum atomic E-state index is 0.220. The molecule has 18 heavy (non-hydrogen) atoms. The molecular weight excluding hydrogens is 224 g/mol. The number of amides is 1. The summed E-state index contributed by atoms with van der Waals surface area (Å²) in [6, 6.07) is 0. The van der Waals surface area contributed by atoms with Gasteiger partial charge in [-0.3, -0.25) is 4.79 Å². The van der Waals surface area contributed by atoms with Crippen molar-refractivity contribution in [3.05, 3.63) is 0 Å². The topological polar surface area (TPSA) is 55.1 Å². The third kappa shape index (κ3) is 4.97. The van der Waals surface area contributed by atoms with Crippen molar-refractivity contribution in [3.8, 4) is 0 Å². The van der Waals surface area contributed by atoms with E-state index < -0.39 is 0 Å². The van der Waals surface area contributed by atoms with E-state index in [9.17, 15) is 4.79 Å². The maximum absolute atomic E-state index is 11.8. The van der Waals surface area contributed by atoms with Gasteiger partial charge in [0.25, 0.3) is 0 Å². The molecule has 1 fully saturated rings. The molecule has 1 aliphatic rings. The molecule has 0 bridgehead atoms. The Morgan fingerprint density at radius 1 is 1.33 bits per heavy atom.